The molecule has 4 N–H and O–H groups in total. The minimum atomic E-state index is -0.559. The fourth-order valence-electron chi connectivity index (χ4n) is 10.6. The molecule has 3 aromatic heterocycles. The van der Waals surface area contributed by atoms with E-state index in [-0.39, 0.29) is 66.1 Å². The summed E-state index contributed by atoms with van der Waals surface area (Å²) in [6.07, 6.45) is 9.53. The molecule has 3 aromatic carbocycles. The summed E-state index contributed by atoms with van der Waals surface area (Å²) in [5.41, 5.74) is 9.26. The number of amides is 3. The predicted molar refractivity (Wildman–Crippen MR) is 244 cm³/mol. The highest BCUT2D eigenvalue weighted by molar-refractivity contribution is 6.03. The molecule has 0 bridgehead atoms. The van der Waals surface area contributed by atoms with Crippen LogP contribution in [0.5, 0.6) is 0 Å². The Balaban J connectivity index is 0.835. The zero-order chi connectivity index (χ0) is 44.6. The molecule has 6 aromatic rings. The Bertz CT molecular complexity index is 2750. The van der Waals surface area contributed by atoms with Crippen LogP contribution in [0.3, 0.4) is 0 Å². The van der Waals surface area contributed by atoms with Gasteiger partial charge in [0, 0.05) is 36.2 Å². The first-order valence-corrected chi connectivity index (χ1v) is 22.8. The summed E-state index contributed by atoms with van der Waals surface area (Å²) >= 11 is 0. The van der Waals surface area contributed by atoms with Crippen LogP contribution in [0.15, 0.2) is 85.3 Å². The molecular weight excluding hydrogens is 805 g/mol. The lowest BCUT2D eigenvalue weighted by Gasteiger charge is -2.32. The summed E-state index contributed by atoms with van der Waals surface area (Å²) in [5, 5.41) is 4.01. The molecule has 5 heterocycles. The number of nitrogens with one attached hydrogen (secondary N) is 4. The maximum absolute atomic E-state index is 13.9. The van der Waals surface area contributed by atoms with Gasteiger partial charge in [0.1, 0.15) is 17.7 Å². The maximum atomic E-state index is 13.9. The Morgan fingerprint density at radius 3 is 1.72 bits per heavy atom. The van der Waals surface area contributed by atoms with E-state index < -0.39 is 12.0 Å². The van der Waals surface area contributed by atoms with Gasteiger partial charge in [-0.15, -0.1) is 0 Å². The normalized spacial score (nSPS) is 23.0. The molecule has 0 unspecified atom stereocenters. The number of hydrogen-bond donors (Lipinski definition) is 4. The number of methoxy groups -OCH3 is 1. The molecule has 4 aliphatic rings. The molecule has 4 fully saturated rings. The predicted octanol–water partition coefficient (Wildman–Crippen LogP) is 8.60. The molecule has 10 rings (SSSR count). The highest BCUT2D eigenvalue weighted by Gasteiger charge is 2.57. The minimum Gasteiger partial charge on any atom is -0.469 e. The number of nitrogens with zero attached hydrogens (tertiary/aromatic N) is 4. The second kappa shape index (κ2) is 16.2. The van der Waals surface area contributed by atoms with Gasteiger partial charge in [-0.05, 0) is 83.2 Å². The molecule has 0 radical (unpaired) electrons. The molecule has 13 heteroatoms. The first-order valence-electron chi connectivity index (χ1n) is 22.8. The number of likely N-dealkylation sites (tertiary alicyclic amines) is 2. The van der Waals surface area contributed by atoms with Gasteiger partial charge < -0.3 is 34.8 Å². The van der Waals surface area contributed by atoms with E-state index in [1.165, 1.54) is 14.0 Å². The summed E-state index contributed by atoms with van der Waals surface area (Å²) in [6, 6.07) is 23.0. The van der Waals surface area contributed by atoms with Gasteiger partial charge in [-0.2, -0.15) is 0 Å². The summed E-state index contributed by atoms with van der Waals surface area (Å²) in [6.45, 7) is 9.37. The van der Waals surface area contributed by atoms with Gasteiger partial charge in [-0.3, -0.25) is 19.2 Å². The lowest BCUT2D eigenvalue weighted by molar-refractivity contribution is -0.149. The van der Waals surface area contributed by atoms with Crippen LogP contribution in [0.4, 0.5) is 0 Å². The molecule has 330 valence electrons. The van der Waals surface area contributed by atoms with Gasteiger partial charge in [0.05, 0.1) is 60.8 Å². The van der Waals surface area contributed by atoms with Crippen LogP contribution in [-0.4, -0.2) is 83.6 Å². The van der Waals surface area contributed by atoms with Crippen LogP contribution in [0.25, 0.3) is 55.7 Å². The number of benzene rings is 3. The van der Waals surface area contributed by atoms with Crippen molar-refractivity contribution >= 4 is 34.6 Å². The summed E-state index contributed by atoms with van der Waals surface area (Å²) in [4.78, 5) is 76.0. The van der Waals surface area contributed by atoms with Crippen molar-refractivity contribution < 1.29 is 23.9 Å². The topological polar surface area (TPSA) is 169 Å². The Hall–Kier alpha value is -6.50. The standard InChI is InChI=1S/C51H56N8O5/c1-26(2)38(23-45(61)64-6)50(62)58-41-19-33(41)21-43(58)48-53-24-40(56-48)32-13-9-30(10-14-32)36-16-15-35(37-17-18-52-47(36)37)29-7-11-31(12-8-29)39-25-54-49(57-39)44-22-34-20-42(34)59(44)51(63)46(27(3)4)55-28(5)60/h7-18,24-27,33-34,38,41-44,46,52H,19-23H2,1-6H3,(H,53,56)(H,54,57)(H,55,60)/t33-,34-,38+,41-,42-,43+,44+,46+/m1/s1. The van der Waals surface area contributed by atoms with E-state index in [1.807, 2.05) is 56.1 Å². The van der Waals surface area contributed by atoms with Crippen LogP contribution < -0.4 is 5.32 Å². The lowest BCUT2D eigenvalue weighted by atomic mass is 9.90. The van der Waals surface area contributed by atoms with Crippen molar-refractivity contribution in [3.8, 4) is 44.8 Å². The molecule has 8 atom stereocenters. The highest BCUT2D eigenvalue weighted by Crippen LogP contribution is 2.55. The minimum absolute atomic E-state index is 0.0115. The average molecular weight is 861 g/mol. The number of aromatic nitrogens is 5. The number of aromatic amines is 3. The van der Waals surface area contributed by atoms with Gasteiger partial charge in [0.2, 0.25) is 17.7 Å². The molecule has 3 amide bonds. The van der Waals surface area contributed by atoms with Crippen molar-refractivity contribution in [2.24, 2.45) is 29.6 Å². The zero-order valence-corrected chi connectivity index (χ0v) is 37.2. The second-order valence-corrected chi connectivity index (χ2v) is 19.1. The van der Waals surface area contributed by atoms with Gasteiger partial charge in [0.25, 0.3) is 0 Å². The van der Waals surface area contributed by atoms with Gasteiger partial charge in [-0.25, -0.2) is 9.97 Å². The van der Waals surface area contributed by atoms with E-state index in [2.05, 4.69) is 87.0 Å². The third-order valence-electron chi connectivity index (χ3n) is 14.3. The van der Waals surface area contributed by atoms with Crippen molar-refractivity contribution in [3.05, 3.63) is 97.0 Å². The van der Waals surface area contributed by atoms with Crippen molar-refractivity contribution in [1.82, 2.24) is 40.0 Å². The maximum Gasteiger partial charge on any atom is 0.306 e. The largest absolute Gasteiger partial charge is 0.469 e. The summed E-state index contributed by atoms with van der Waals surface area (Å²) in [5.74, 6) is 1.50. The van der Waals surface area contributed by atoms with Crippen LogP contribution >= 0.6 is 0 Å². The van der Waals surface area contributed by atoms with Crippen molar-refractivity contribution in [1.29, 1.82) is 0 Å². The van der Waals surface area contributed by atoms with E-state index in [0.29, 0.717) is 11.8 Å². The molecule has 0 spiro atoms. The van der Waals surface area contributed by atoms with Crippen molar-refractivity contribution in [3.63, 3.8) is 0 Å². The first kappa shape index (κ1) is 41.5. The van der Waals surface area contributed by atoms with E-state index in [9.17, 15) is 19.2 Å². The fraction of sp³-hybridized carbons (Fsp3) is 0.412. The zero-order valence-electron chi connectivity index (χ0n) is 37.2. The Morgan fingerprint density at radius 1 is 0.688 bits per heavy atom. The molecular formula is C51H56N8O5. The second-order valence-electron chi connectivity index (χ2n) is 19.1. The summed E-state index contributed by atoms with van der Waals surface area (Å²) in [7, 11) is 1.37. The van der Waals surface area contributed by atoms with Crippen LogP contribution in [0.1, 0.15) is 90.5 Å². The van der Waals surface area contributed by atoms with Crippen LogP contribution in [0.2, 0.25) is 0 Å². The number of H-pyrrole nitrogens is 3. The number of carbonyl (C=O) groups is 4. The van der Waals surface area contributed by atoms with Gasteiger partial charge >= 0.3 is 5.97 Å². The number of rotatable bonds is 13. The molecule has 64 heavy (non-hydrogen) atoms. The lowest BCUT2D eigenvalue weighted by Crippen LogP contribution is -2.51. The van der Waals surface area contributed by atoms with E-state index in [4.69, 9.17) is 14.7 Å². The molecule has 2 aliphatic carbocycles. The monoisotopic (exact) mass is 860 g/mol. The first-order chi connectivity index (χ1) is 30.9. The van der Waals surface area contributed by atoms with Gasteiger partial charge in [0.15, 0.2) is 0 Å². The number of fused-ring (bicyclic) bond motifs is 3. The van der Waals surface area contributed by atoms with Gasteiger partial charge in [-0.1, -0.05) is 88.4 Å². The summed E-state index contributed by atoms with van der Waals surface area (Å²) < 4.78 is 4.93. The number of piperidine rings is 2. The van der Waals surface area contributed by atoms with E-state index in [0.717, 1.165) is 93.0 Å². The van der Waals surface area contributed by atoms with E-state index >= 15 is 0 Å². The van der Waals surface area contributed by atoms with Crippen molar-refractivity contribution in [2.75, 3.05) is 7.11 Å². The van der Waals surface area contributed by atoms with Crippen LogP contribution in [0, 0.1) is 29.6 Å². The van der Waals surface area contributed by atoms with Crippen LogP contribution in [-0.2, 0) is 23.9 Å². The third-order valence-corrected chi connectivity index (χ3v) is 14.3. The fourth-order valence-corrected chi connectivity index (χ4v) is 10.6. The quantitative estimate of drug-likeness (QED) is 0.0844. The van der Waals surface area contributed by atoms with E-state index in [1.54, 1.807) is 0 Å². The SMILES string of the molecule is COC(=O)C[C@H](C(=O)N1[C@@H]2C[C@@H]2C[C@H]1c1ncc(-c2ccc(-c3ccc(-c4ccc(-c5cnc([C@@H]6C[C@H]7C[C@H]7N6C(=O)[C@@H](NC(C)=O)C(C)C)[nH]5)cc4)c4cc[nH]c34)cc2)[nH]1)C(C)C. The molecule has 13 nitrogen and oxygen atoms in total. The Morgan fingerprint density at radius 2 is 1.20 bits per heavy atom. The average Bonchev–Trinajstić information content (AvgIpc) is 3.76. The number of esters is 1. The molecule has 2 saturated carbocycles. The Kier molecular flexibility index (Phi) is 10.5. The smallest absolute Gasteiger partial charge is 0.306 e. The molecule has 2 aliphatic heterocycles. The Labute approximate surface area is 372 Å². The third kappa shape index (κ3) is 7.48. The number of hydrogen-bond acceptors (Lipinski definition) is 7. The number of ether oxygens (including phenoxy) is 1. The molecule has 2 saturated heterocycles. The number of carbonyl (C=O) groups excluding carboxylic acids is 4. The van der Waals surface area contributed by atoms with Crippen molar-refractivity contribution in [2.45, 2.75) is 96.9 Å². The highest BCUT2D eigenvalue weighted by atomic mass is 16.5. The number of imidazole rings is 2.